The standard InChI is InChI=1S/C21H21NO4S/c1-3-27-19-11-7-5-9-16(19)21(24)25-13-20(23)22-14(2)18-12-15-8-4-6-10-17(15)26-18/h4-12,14H,3,13H2,1-2H3,(H,22,23)/t14-/m0/s1. The van der Waals surface area contributed by atoms with Gasteiger partial charge in [-0.15, -0.1) is 11.8 Å². The molecule has 0 radical (unpaired) electrons. The summed E-state index contributed by atoms with van der Waals surface area (Å²) in [6, 6.07) is 16.4. The molecule has 3 rings (SSSR count). The van der Waals surface area contributed by atoms with Gasteiger partial charge in [-0.25, -0.2) is 4.79 Å². The number of carbonyl (C=O) groups excluding carboxylic acids is 2. The normalized spacial score (nSPS) is 11.9. The number of ether oxygens (including phenoxy) is 1. The van der Waals surface area contributed by atoms with Gasteiger partial charge in [0.05, 0.1) is 11.6 Å². The van der Waals surface area contributed by atoms with E-state index in [1.807, 2.05) is 56.3 Å². The molecule has 1 atom stereocenters. The van der Waals surface area contributed by atoms with Crippen LogP contribution in [-0.2, 0) is 9.53 Å². The zero-order valence-corrected chi connectivity index (χ0v) is 16.0. The zero-order chi connectivity index (χ0) is 19.2. The van der Waals surface area contributed by atoms with Gasteiger partial charge < -0.3 is 14.5 Å². The van der Waals surface area contributed by atoms with Gasteiger partial charge in [0.25, 0.3) is 5.91 Å². The molecule has 0 spiro atoms. The predicted molar refractivity (Wildman–Crippen MR) is 106 cm³/mol. The van der Waals surface area contributed by atoms with Crippen molar-refractivity contribution in [2.45, 2.75) is 24.8 Å². The van der Waals surface area contributed by atoms with Crippen LogP contribution < -0.4 is 5.32 Å². The van der Waals surface area contributed by atoms with E-state index in [9.17, 15) is 9.59 Å². The summed E-state index contributed by atoms with van der Waals surface area (Å²) in [4.78, 5) is 25.3. The molecule has 0 unspecified atom stereocenters. The van der Waals surface area contributed by atoms with E-state index in [1.54, 1.807) is 23.9 Å². The Balaban J connectivity index is 1.57. The van der Waals surface area contributed by atoms with E-state index >= 15 is 0 Å². The number of esters is 1. The van der Waals surface area contributed by atoms with E-state index in [0.717, 1.165) is 21.6 Å². The Hall–Kier alpha value is -2.73. The van der Waals surface area contributed by atoms with Gasteiger partial charge in [0, 0.05) is 10.3 Å². The van der Waals surface area contributed by atoms with Crippen LogP contribution >= 0.6 is 11.8 Å². The summed E-state index contributed by atoms with van der Waals surface area (Å²) in [5.74, 6) is 0.621. The quantitative estimate of drug-likeness (QED) is 0.478. The van der Waals surface area contributed by atoms with Crippen LogP contribution in [-0.4, -0.2) is 24.2 Å². The minimum Gasteiger partial charge on any atom is -0.459 e. The Morgan fingerprint density at radius 2 is 1.89 bits per heavy atom. The third kappa shape index (κ3) is 4.71. The molecule has 1 heterocycles. The van der Waals surface area contributed by atoms with Crippen LogP contribution in [0.4, 0.5) is 0 Å². The van der Waals surface area contributed by atoms with Gasteiger partial charge in [-0.2, -0.15) is 0 Å². The molecule has 1 N–H and O–H groups in total. The van der Waals surface area contributed by atoms with Crippen molar-refractivity contribution in [1.82, 2.24) is 5.32 Å². The van der Waals surface area contributed by atoms with Gasteiger partial charge in [0.1, 0.15) is 11.3 Å². The maximum atomic E-state index is 12.3. The Bertz CT molecular complexity index is 917. The minimum absolute atomic E-state index is 0.327. The highest BCUT2D eigenvalue weighted by Crippen LogP contribution is 2.24. The second-order valence-corrected chi connectivity index (χ2v) is 7.29. The molecule has 0 bridgehead atoms. The first-order chi connectivity index (χ1) is 13.1. The maximum Gasteiger partial charge on any atom is 0.339 e. The van der Waals surface area contributed by atoms with Crippen molar-refractivity contribution in [3.63, 3.8) is 0 Å². The Kier molecular flexibility index (Phi) is 6.19. The van der Waals surface area contributed by atoms with Gasteiger partial charge in [-0.1, -0.05) is 37.3 Å². The fourth-order valence-electron chi connectivity index (χ4n) is 2.70. The summed E-state index contributed by atoms with van der Waals surface area (Å²) in [6.07, 6.45) is 0. The summed E-state index contributed by atoms with van der Waals surface area (Å²) in [5.41, 5.74) is 1.24. The lowest BCUT2D eigenvalue weighted by Gasteiger charge is -2.12. The zero-order valence-electron chi connectivity index (χ0n) is 15.2. The third-order valence-corrected chi connectivity index (χ3v) is 4.95. The molecule has 0 saturated heterocycles. The molecule has 3 aromatic rings. The summed E-state index contributed by atoms with van der Waals surface area (Å²) in [6.45, 7) is 3.50. The number of rotatable bonds is 7. The molecule has 0 aliphatic carbocycles. The largest absolute Gasteiger partial charge is 0.459 e. The fraction of sp³-hybridized carbons (Fsp3) is 0.238. The third-order valence-electron chi connectivity index (χ3n) is 3.99. The monoisotopic (exact) mass is 383 g/mol. The van der Waals surface area contributed by atoms with Crippen LogP contribution in [0.3, 0.4) is 0 Å². The van der Waals surface area contributed by atoms with Crippen LogP contribution in [0.15, 0.2) is 63.9 Å². The van der Waals surface area contributed by atoms with Crippen LogP contribution in [0.5, 0.6) is 0 Å². The highest BCUT2D eigenvalue weighted by molar-refractivity contribution is 7.99. The molecule has 0 aliphatic rings. The number of amides is 1. The van der Waals surface area contributed by atoms with E-state index in [4.69, 9.17) is 9.15 Å². The lowest BCUT2D eigenvalue weighted by atomic mass is 10.2. The van der Waals surface area contributed by atoms with Crippen LogP contribution in [0.2, 0.25) is 0 Å². The smallest absolute Gasteiger partial charge is 0.339 e. The number of furan rings is 1. The summed E-state index contributed by atoms with van der Waals surface area (Å²) >= 11 is 1.56. The number of nitrogens with one attached hydrogen (secondary N) is 1. The minimum atomic E-state index is -0.502. The lowest BCUT2D eigenvalue weighted by molar-refractivity contribution is -0.125. The van der Waals surface area contributed by atoms with Crippen LogP contribution in [0, 0.1) is 0 Å². The van der Waals surface area contributed by atoms with E-state index < -0.39 is 5.97 Å². The van der Waals surface area contributed by atoms with Crippen molar-refractivity contribution < 1.29 is 18.7 Å². The van der Waals surface area contributed by atoms with Crippen molar-refractivity contribution >= 4 is 34.6 Å². The molecule has 140 valence electrons. The molecule has 5 nitrogen and oxygen atoms in total. The first kappa shape index (κ1) is 19.0. The number of para-hydroxylation sites is 1. The highest BCUT2D eigenvalue weighted by Gasteiger charge is 2.17. The second kappa shape index (κ2) is 8.77. The molecule has 1 aromatic heterocycles. The summed E-state index contributed by atoms with van der Waals surface area (Å²) in [7, 11) is 0. The van der Waals surface area contributed by atoms with Crippen molar-refractivity contribution in [2.24, 2.45) is 0 Å². The van der Waals surface area contributed by atoms with E-state index in [2.05, 4.69) is 5.32 Å². The van der Waals surface area contributed by atoms with Gasteiger partial charge in [0.2, 0.25) is 0 Å². The SMILES string of the molecule is CCSc1ccccc1C(=O)OCC(=O)N[C@@H](C)c1cc2ccccc2o1. The Labute approximate surface area is 162 Å². The molecule has 2 aromatic carbocycles. The van der Waals surface area contributed by atoms with Crippen molar-refractivity contribution in [3.8, 4) is 0 Å². The second-order valence-electron chi connectivity index (χ2n) is 5.98. The van der Waals surface area contributed by atoms with E-state index in [1.165, 1.54) is 0 Å². The predicted octanol–water partition coefficient (Wildman–Crippen LogP) is 4.58. The van der Waals surface area contributed by atoms with Crippen molar-refractivity contribution in [2.75, 3.05) is 12.4 Å². The number of hydrogen-bond donors (Lipinski definition) is 1. The van der Waals surface area contributed by atoms with Crippen LogP contribution in [0.1, 0.15) is 36.0 Å². The number of fused-ring (bicyclic) bond motifs is 1. The maximum absolute atomic E-state index is 12.3. The van der Waals surface area contributed by atoms with Crippen molar-refractivity contribution in [3.05, 3.63) is 65.9 Å². The number of benzene rings is 2. The molecule has 0 aliphatic heterocycles. The lowest BCUT2D eigenvalue weighted by Crippen LogP contribution is -2.31. The first-order valence-electron chi connectivity index (χ1n) is 8.75. The number of thioether (sulfide) groups is 1. The molecule has 27 heavy (non-hydrogen) atoms. The topological polar surface area (TPSA) is 68.5 Å². The van der Waals surface area contributed by atoms with E-state index in [-0.39, 0.29) is 18.6 Å². The summed E-state index contributed by atoms with van der Waals surface area (Å²) < 4.78 is 10.9. The fourth-order valence-corrected chi connectivity index (χ4v) is 3.49. The first-order valence-corrected chi connectivity index (χ1v) is 9.74. The van der Waals surface area contributed by atoms with Gasteiger partial charge in [-0.3, -0.25) is 4.79 Å². The van der Waals surface area contributed by atoms with Gasteiger partial charge in [0.15, 0.2) is 6.61 Å². The Morgan fingerprint density at radius 3 is 2.67 bits per heavy atom. The van der Waals surface area contributed by atoms with Gasteiger partial charge in [-0.05, 0) is 36.9 Å². The van der Waals surface area contributed by atoms with Crippen molar-refractivity contribution in [1.29, 1.82) is 0 Å². The number of hydrogen-bond acceptors (Lipinski definition) is 5. The molecule has 6 heteroatoms. The van der Waals surface area contributed by atoms with E-state index in [0.29, 0.717) is 11.3 Å². The van der Waals surface area contributed by atoms with Crippen LogP contribution in [0.25, 0.3) is 11.0 Å². The average Bonchev–Trinajstić information content (AvgIpc) is 3.11. The molecule has 0 fully saturated rings. The Morgan fingerprint density at radius 1 is 1.15 bits per heavy atom. The summed E-state index contributed by atoms with van der Waals surface area (Å²) in [5, 5.41) is 3.77. The molecular weight excluding hydrogens is 362 g/mol. The highest BCUT2D eigenvalue weighted by atomic mass is 32.2. The average molecular weight is 383 g/mol. The van der Waals surface area contributed by atoms with Gasteiger partial charge >= 0.3 is 5.97 Å². The molecule has 1 amide bonds. The number of carbonyl (C=O) groups is 2. The molecule has 0 saturated carbocycles. The molecular formula is C21H21NO4S.